The van der Waals surface area contributed by atoms with Crippen molar-refractivity contribution in [2.45, 2.75) is 39.0 Å². The molecule has 0 bridgehead atoms. The van der Waals surface area contributed by atoms with Crippen LogP contribution in [0.15, 0.2) is 24.3 Å². The molecule has 0 radical (unpaired) electrons. The van der Waals surface area contributed by atoms with E-state index in [9.17, 15) is 9.90 Å². The molecule has 1 aliphatic rings. The molecule has 24 heavy (non-hydrogen) atoms. The Morgan fingerprint density at radius 2 is 2.08 bits per heavy atom. The zero-order chi connectivity index (χ0) is 17.6. The molecule has 1 saturated heterocycles. The van der Waals surface area contributed by atoms with E-state index in [1.165, 1.54) is 0 Å². The Kier molecular flexibility index (Phi) is 6.60. The fraction of sp³-hybridized carbons (Fsp3) is 0.611. The second-order valence-electron chi connectivity index (χ2n) is 7.01. The van der Waals surface area contributed by atoms with Crippen LogP contribution in [-0.2, 0) is 16.0 Å². The summed E-state index contributed by atoms with van der Waals surface area (Å²) in [5, 5.41) is 12.4. The summed E-state index contributed by atoms with van der Waals surface area (Å²) in [6.07, 6.45) is -0.528. The average Bonchev–Trinajstić information content (AvgIpc) is 2.52. The zero-order valence-electron chi connectivity index (χ0n) is 14.7. The van der Waals surface area contributed by atoms with Gasteiger partial charge in [0, 0.05) is 19.6 Å². The molecule has 134 valence electrons. The van der Waals surface area contributed by atoms with E-state index in [2.05, 4.69) is 16.3 Å². The Bertz CT molecular complexity index is 536. The lowest BCUT2D eigenvalue weighted by Crippen LogP contribution is -2.36. The molecule has 1 aliphatic heterocycles. The molecule has 6 heteroatoms. The quantitative estimate of drug-likeness (QED) is 0.861. The number of alkyl carbamates (subject to hydrolysis) is 1. The van der Waals surface area contributed by atoms with E-state index in [1.807, 2.05) is 39.0 Å². The first kappa shape index (κ1) is 18.7. The highest BCUT2D eigenvalue weighted by molar-refractivity contribution is 5.68. The minimum atomic E-state index is -0.567. The number of hydrogen-bond donors (Lipinski definition) is 2. The maximum absolute atomic E-state index is 11.9. The van der Waals surface area contributed by atoms with Gasteiger partial charge in [-0.2, -0.15) is 0 Å². The predicted molar refractivity (Wildman–Crippen MR) is 91.7 cm³/mol. The van der Waals surface area contributed by atoms with Crippen molar-refractivity contribution in [2.75, 3.05) is 32.9 Å². The summed E-state index contributed by atoms with van der Waals surface area (Å²) in [7, 11) is 0. The number of nitrogens with one attached hydrogen (secondary N) is 1. The van der Waals surface area contributed by atoms with Crippen molar-refractivity contribution >= 4 is 6.09 Å². The summed E-state index contributed by atoms with van der Waals surface area (Å²) in [6, 6.07) is 7.45. The molecule has 1 heterocycles. The maximum atomic E-state index is 11.9. The van der Waals surface area contributed by atoms with Crippen LogP contribution >= 0.6 is 0 Å². The number of carbonyl (C=O) groups is 1. The molecule has 0 aromatic heterocycles. The van der Waals surface area contributed by atoms with Crippen LogP contribution in [0.1, 0.15) is 37.9 Å². The highest BCUT2D eigenvalue weighted by atomic mass is 16.6. The van der Waals surface area contributed by atoms with Crippen LogP contribution < -0.4 is 5.32 Å². The van der Waals surface area contributed by atoms with E-state index in [-0.39, 0.29) is 6.61 Å². The van der Waals surface area contributed by atoms with Gasteiger partial charge in [-0.1, -0.05) is 24.3 Å². The number of benzene rings is 1. The number of aliphatic hydroxyl groups is 1. The highest BCUT2D eigenvalue weighted by Gasteiger charge is 2.20. The second-order valence-corrected chi connectivity index (χ2v) is 7.01. The smallest absolute Gasteiger partial charge is 0.408 e. The first-order valence-electron chi connectivity index (χ1n) is 8.37. The van der Waals surface area contributed by atoms with Gasteiger partial charge in [0.1, 0.15) is 5.60 Å². The molecule has 1 fully saturated rings. The van der Waals surface area contributed by atoms with E-state index in [1.54, 1.807) is 0 Å². The van der Waals surface area contributed by atoms with Gasteiger partial charge in [0.15, 0.2) is 0 Å². The van der Waals surface area contributed by atoms with Crippen molar-refractivity contribution in [1.29, 1.82) is 0 Å². The van der Waals surface area contributed by atoms with E-state index in [4.69, 9.17) is 9.47 Å². The summed E-state index contributed by atoms with van der Waals surface area (Å²) >= 11 is 0. The molecular formula is C18H28N2O4. The number of rotatable bonds is 5. The van der Waals surface area contributed by atoms with Crippen LogP contribution in [0, 0.1) is 0 Å². The summed E-state index contributed by atoms with van der Waals surface area (Å²) in [5.74, 6) is 0. The van der Waals surface area contributed by atoms with Crippen molar-refractivity contribution in [2.24, 2.45) is 0 Å². The average molecular weight is 336 g/mol. The fourth-order valence-electron chi connectivity index (χ4n) is 2.61. The van der Waals surface area contributed by atoms with Gasteiger partial charge in [0.2, 0.25) is 0 Å². The van der Waals surface area contributed by atoms with Crippen LogP contribution in [0.4, 0.5) is 4.79 Å². The minimum Gasteiger partial charge on any atom is -0.444 e. The first-order valence-corrected chi connectivity index (χ1v) is 8.37. The highest BCUT2D eigenvalue weighted by Crippen LogP contribution is 2.17. The van der Waals surface area contributed by atoms with Gasteiger partial charge < -0.3 is 19.9 Å². The van der Waals surface area contributed by atoms with Crippen LogP contribution in [0.2, 0.25) is 0 Å². The Morgan fingerprint density at radius 3 is 2.71 bits per heavy atom. The summed E-state index contributed by atoms with van der Waals surface area (Å²) in [4.78, 5) is 14.3. The van der Waals surface area contributed by atoms with Crippen LogP contribution in [-0.4, -0.2) is 54.6 Å². The van der Waals surface area contributed by atoms with Gasteiger partial charge in [0.05, 0.1) is 25.9 Å². The van der Waals surface area contributed by atoms with Crippen LogP contribution in [0.3, 0.4) is 0 Å². The van der Waals surface area contributed by atoms with Gasteiger partial charge in [-0.3, -0.25) is 4.90 Å². The van der Waals surface area contributed by atoms with Crippen molar-refractivity contribution in [3.05, 3.63) is 35.4 Å². The predicted octanol–water partition coefficient (Wildman–Crippen LogP) is 2.08. The molecule has 1 amide bonds. The fourth-order valence-corrected chi connectivity index (χ4v) is 2.61. The molecule has 0 unspecified atom stereocenters. The van der Waals surface area contributed by atoms with Gasteiger partial charge in [-0.05, 0) is 31.9 Å². The third-order valence-electron chi connectivity index (χ3n) is 3.74. The first-order chi connectivity index (χ1) is 11.4. The Labute approximate surface area is 143 Å². The molecule has 0 saturated carbocycles. The second kappa shape index (κ2) is 8.46. The molecule has 2 rings (SSSR count). The lowest BCUT2D eigenvalue weighted by Gasteiger charge is -2.27. The van der Waals surface area contributed by atoms with Gasteiger partial charge in [-0.25, -0.2) is 4.79 Å². The van der Waals surface area contributed by atoms with Crippen molar-refractivity contribution < 1.29 is 19.4 Å². The normalized spacial score (nSPS) is 17.3. The molecule has 2 N–H and O–H groups in total. The molecule has 1 aromatic rings. The van der Waals surface area contributed by atoms with Crippen molar-refractivity contribution in [3.8, 4) is 0 Å². The number of aliphatic hydroxyl groups excluding tert-OH is 1. The Hall–Kier alpha value is -1.63. The van der Waals surface area contributed by atoms with Crippen molar-refractivity contribution in [1.82, 2.24) is 10.2 Å². The van der Waals surface area contributed by atoms with Gasteiger partial charge in [-0.15, -0.1) is 0 Å². The maximum Gasteiger partial charge on any atom is 0.408 e. The summed E-state index contributed by atoms with van der Waals surface area (Å²) in [5.41, 5.74) is 1.45. The zero-order valence-corrected chi connectivity index (χ0v) is 14.7. The number of nitrogens with zero attached hydrogens (tertiary/aromatic N) is 1. The number of morpholine rings is 1. The van der Waals surface area contributed by atoms with E-state index in [0.29, 0.717) is 0 Å². The van der Waals surface area contributed by atoms with E-state index < -0.39 is 17.7 Å². The van der Waals surface area contributed by atoms with E-state index >= 15 is 0 Å². The number of carbonyl (C=O) groups excluding carboxylic acids is 1. The van der Waals surface area contributed by atoms with Gasteiger partial charge in [0.25, 0.3) is 0 Å². The number of amides is 1. The van der Waals surface area contributed by atoms with E-state index in [0.717, 1.165) is 44.0 Å². The third-order valence-corrected chi connectivity index (χ3v) is 3.74. The number of ether oxygens (including phenoxy) is 2. The summed E-state index contributed by atoms with van der Waals surface area (Å²) < 4.78 is 10.6. The third kappa shape index (κ3) is 6.11. The lowest BCUT2D eigenvalue weighted by atomic mass is 10.0. The molecule has 1 aromatic carbocycles. The SMILES string of the molecule is CC(C)(C)OC(=O)N[C@@H](CO)c1cccc(CN2CCOCC2)c1. The largest absolute Gasteiger partial charge is 0.444 e. The number of hydrogen-bond acceptors (Lipinski definition) is 5. The van der Waals surface area contributed by atoms with Gasteiger partial charge >= 0.3 is 6.09 Å². The molecular weight excluding hydrogens is 308 g/mol. The van der Waals surface area contributed by atoms with Crippen LogP contribution in [0.25, 0.3) is 0 Å². The minimum absolute atomic E-state index is 0.180. The summed E-state index contributed by atoms with van der Waals surface area (Å²) in [6.45, 7) is 9.45. The van der Waals surface area contributed by atoms with Crippen molar-refractivity contribution in [3.63, 3.8) is 0 Å². The molecule has 1 atom stereocenters. The molecule has 0 aliphatic carbocycles. The lowest BCUT2D eigenvalue weighted by molar-refractivity contribution is 0.0341. The monoisotopic (exact) mass is 336 g/mol. The Balaban J connectivity index is 2.00. The Morgan fingerprint density at radius 1 is 1.38 bits per heavy atom. The topological polar surface area (TPSA) is 71.0 Å². The molecule has 6 nitrogen and oxygen atoms in total. The molecule has 0 spiro atoms. The standard InChI is InChI=1S/C18H28N2O4/c1-18(2,3)24-17(22)19-16(13-21)15-6-4-5-14(11-15)12-20-7-9-23-10-8-20/h4-6,11,16,21H,7-10,12-13H2,1-3H3,(H,19,22)/t16-/m0/s1. The van der Waals surface area contributed by atoms with Crippen LogP contribution in [0.5, 0.6) is 0 Å².